The van der Waals surface area contributed by atoms with Gasteiger partial charge in [-0.05, 0) is 60.4 Å². The van der Waals surface area contributed by atoms with Crippen molar-refractivity contribution in [2.45, 2.75) is 51.4 Å². The summed E-state index contributed by atoms with van der Waals surface area (Å²) < 4.78 is 1.34. The Kier molecular flexibility index (Phi) is 3.12. The van der Waals surface area contributed by atoms with Gasteiger partial charge in [-0.1, -0.05) is 41.4 Å². The van der Waals surface area contributed by atoms with Crippen LogP contribution in [0.25, 0.3) is 6.08 Å². The van der Waals surface area contributed by atoms with Crippen molar-refractivity contribution >= 4 is 22.0 Å². The van der Waals surface area contributed by atoms with Gasteiger partial charge in [0.25, 0.3) is 0 Å². The van der Waals surface area contributed by atoms with Crippen molar-refractivity contribution in [2.75, 3.05) is 0 Å². The maximum atomic E-state index is 3.76. The summed E-state index contributed by atoms with van der Waals surface area (Å²) in [6, 6.07) is 2.34. The van der Waals surface area contributed by atoms with Crippen LogP contribution in [0.2, 0.25) is 0 Å². The summed E-state index contributed by atoms with van der Waals surface area (Å²) in [5, 5.41) is 0. The molecule has 1 heteroatoms. The highest BCUT2D eigenvalue weighted by atomic mass is 79.9. The molecule has 2 aliphatic carbocycles. The van der Waals surface area contributed by atoms with Crippen molar-refractivity contribution in [2.24, 2.45) is 0 Å². The van der Waals surface area contributed by atoms with E-state index in [1.807, 2.05) is 0 Å². The van der Waals surface area contributed by atoms with Gasteiger partial charge in [0.15, 0.2) is 0 Å². The molecule has 3 rings (SSSR count). The van der Waals surface area contributed by atoms with Crippen molar-refractivity contribution in [1.29, 1.82) is 0 Å². The third-order valence-electron chi connectivity index (χ3n) is 4.15. The zero-order valence-corrected chi connectivity index (χ0v) is 12.0. The molecule has 0 fully saturated rings. The standard InChI is InChI=1S/C16H19Br/c1-2-5-11-8-9-12-10-15(17)13-6-3-4-7-14(13)16(11)12/h8-11H,2-7H2,1H3. The summed E-state index contributed by atoms with van der Waals surface area (Å²) in [5.74, 6) is 0.690. The summed E-state index contributed by atoms with van der Waals surface area (Å²) in [7, 11) is 0. The van der Waals surface area contributed by atoms with Crippen LogP contribution in [0.15, 0.2) is 16.6 Å². The molecule has 1 aromatic rings. The Hall–Kier alpha value is -0.560. The summed E-state index contributed by atoms with van der Waals surface area (Å²) in [6.07, 6.45) is 12.6. The molecular formula is C16H19Br. The van der Waals surface area contributed by atoms with Gasteiger partial charge in [0, 0.05) is 10.4 Å². The summed E-state index contributed by atoms with van der Waals surface area (Å²) in [6.45, 7) is 2.29. The Labute approximate surface area is 112 Å². The van der Waals surface area contributed by atoms with Gasteiger partial charge in [0.05, 0.1) is 0 Å². The molecule has 0 radical (unpaired) electrons. The second-order valence-electron chi connectivity index (χ2n) is 5.28. The number of hydrogen-bond acceptors (Lipinski definition) is 0. The lowest BCUT2D eigenvalue weighted by Gasteiger charge is -2.24. The van der Waals surface area contributed by atoms with Crippen molar-refractivity contribution in [1.82, 2.24) is 0 Å². The van der Waals surface area contributed by atoms with Gasteiger partial charge in [-0.3, -0.25) is 0 Å². The second-order valence-corrected chi connectivity index (χ2v) is 6.13. The monoisotopic (exact) mass is 290 g/mol. The van der Waals surface area contributed by atoms with Crippen LogP contribution in [0.1, 0.15) is 60.8 Å². The normalized spacial score (nSPS) is 21.4. The maximum Gasteiger partial charge on any atom is 0.0216 e. The number of rotatable bonds is 2. The smallest absolute Gasteiger partial charge is 0.0216 e. The first-order valence-corrected chi connectivity index (χ1v) is 7.63. The molecule has 0 nitrogen and oxygen atoms in total. The van der Waals surface area contributed by atoms with Crippen LogP contribution in [0.5, 0.6) is 0 Å². The molecule has 1 atom stereocenters. The van der Waals surface area contributed by atoms with Crippen LogP contribution in [0.3, 0.4) is 0 Å². The number of halogens is 1. The fourth-order valence-electron chi connectivity index (χ4n) is 3.39. The van der Waals surface area contributed by atoms with Gasteiger partial charge in [-0.15, -0.1) is 0 Å². The molecule has 0 bridgehead atoms. The first-order valence-electron chi connectivity index (χ1n) is 6.83. The largest absolute Gasteiger partial charge is 0.0764 e. The molecule has 90 valence electrons. The van der Waals surface area contributed by atoms with Crippen LogP contribution < -0.4 is 0 Å². The van der Waals surface area contributed by atoms with Crippen molar-refractivity contribution in [3.63, 3.8) is 0 Å². The van der Waals surface area contributed by atoms with Crippen molar-refractivity contribution < 1.29 is 0 Å². The zero-order valence-electron chi connectivity index (χ0n) is 10.4. The molecule has 0 aliphatic heterocycles. The predicted molar refractivity (Wildman–Crippen MR) is 77.5 cm³/mol. The van der Waals surface area contributed by atoms with Gasteiger partial charge in [-0.2, -0.15) is 0 Å². The Morgan fingerprint density at radius 2 is 2.00 bits per heavy atom. The van der Waals surface area contributed by atoms with Gasteiger partial charge in [0.2, 0.25) is 0 Å². The molecule has 1 unspecified atom stereocenters. The fraction of sp³-hybridized carbons (Fsp3) is 0.500. The lowest BCUT2D eigenvalue weighted by molar-refractivity contribution is 0.657. The number of fused-ring (bicyclic) bond motifs is 3. The fourth-order valence-corrected chi connectivity index (χ4v) is 4.07. The van der Waals surface area contributed by atoms with Crippen LogP contribution in [-0.2, 0) is 12.8 Å². The Balaban J connectivity index is 2.12. The molecule has 1 aromatic carbocycles. The Bertz CT molecular complexity index is 471. The molecule has 0 N–H and O–H groups in total. The van der Waals surface area contributed by atoms with Gasteiger partial charge >= 0.3 is 0 Å². The maximum absolute atomic E-state index is 3.76. The van der Waals surface area contributed by atoms with E-state index in [2.05, 4.69) is 41.1 Å². The Morgan fingerprint density at radius 3 is 2.76 bits per heavy atom. The van der Waals surface area contributed by atoms with Gasteiger partial charge < -0.3 is 0 Å². The van der Waals surface area contributed by atoms with Crippen molar-refractivity contribution in [3.05, 3.63) is 38.9 Å². The average molecular weight is 291 g/mol. The minimum Gasteiger partial charge on any atom is -0.0764 e. The summed E-state index contributed by atoms with van der Waals surface area (Å²) >= 11 is 3.76. The van der Waals surface area contributed by atoms with Crippen molar-refractivity contribution in [3.8, 4) is 0 Å². The number of hydrogen-bond donors (Lipinski definition) is 0. The number of benzene rings is 1. The van der Waals surface area contributed by atoms with E-state index in [0.717, 1.165) is 0 Å². The van der Waals surface area contributed by atoms with Crippen LogP contribution in [-0.4, -0.2) is 0 Å². The Morgan fingerprint density at radius 1 is 1.24 bits per heavy atom. The summed E-state index contributed by atoms with van der Waals surface area (Å²) in [5.41, 5.74) is 6.39. The van der Waals surface area contributed by atoms with Crippen LogP contribution in [0, 0.1) is 0 Å². The van der Waals surface area contributed by atoms with E-state index in [1.54, 1.807) is 16.7 Å². The highest BCUT2D eigenvalue weighted by molar-refractivity contribution is 9.10. The highest BCUT2D eigenvalue weighted by Crippen LogP contribution is 2.42. The molecule has 17 heavy (non-hydrogen) atoms. The van der Waals surface area contributed by atoms with E-state index >= 15 is 0 Å². The minimum absolute atomic E-state index is 0.690. The molecule has 0 aromatic heterocycles. The highest BCUT2D eigenvalue weighted by Gasteiger charge is 2.25. The van der Waals surface area contributed by atoms with E-state index in [-0.39, 0.29) is 0 Å². The summed E-state index contributed by atoms with van der Waals surface area (Å²) in [4.78, 5) is 0. The third-order valence-corrected chi connectivity index (χ3v) is 4.86. The lowest BCUT2D eigenvalue weighted by atomic mass is 9.82. The molecule has 0 amide bonds. The predicted octanol–water partition coefficient (Wildman–Crippen LogP) is 5.24. The topological polar surface area (TPSA) is 0 Å². The second kappa shape index (κ2) is 4.61. The third kappa shape index (κ3) is 1.89. The molecule has 0 saturated carbocycles. The van der Waals surface area contributed by atoms with Crippen LogP contribution >= 0.6 is 15.9 Å². The molecule has 0 spiro atoms. The van der Waals surface area contributed by atoms with Crippen LogP contribution in [0.4, 0.5) is 0 Å². The first kappa shape index (κ1) is 11.5. The van der Waals surface area contributed by atoms with E-state index in [9.17, 15) is 0 Å². The SMILES string of the molecule is CCCC1C=Cc2cc(Br)c3c(c21)CCCC3. The number of allylic oxidation sites excluding steroid dienone is 1. The lowest BCUT2D eigenvalue weighted by Crippen LogP contribution is -2.09. The van der Waals surface area contributed by atoms with E-state index in [1.165, 1.54) is 48.6 Å². The average Bonchev–Trinajstić information content (AvgIpc) is 2.73. The minimum atomic E-state index is 0.690. The molecular weight excluding hydrogens is 272 g/mol. The zero-order chi connectivity index (χ0) is 11.8. The van der Waals surface area contributed by atoms with E-state index in [0.29, 0.717) is 5.92 Å². The molecule has 0 saturated heterocycles. The first-order chi connectivity index (χ1) is 8.31. The van der Waals surface area contributed by atoms with E-state index < -0.39 is 0 Å². The quantitative estimate of drug-likeness (QED) is 0.699. The van der Waals surface area contributed by atoms with Gasteiger partial charge in [-0.25, -0.2) is 0 Å². The van der Waals surface area contributed by atoms with E-state index in [4.69, 9.17) is 0 Å². The molecule has 2 aliphatic rings. The van der Waals surface area contributed by atoms with Gasteiger partial charge in [0.1, 0.15) is 0 Å². The molecule has 0 heterocycles.